The van der Waals surface area contributed by atoms with Gasteiger partial charge in [0.1, 0.15) is 0 Å². The van der Waals surface area contributed by atoms with E-state index in [0.29, 0.717) is 0 Å². The van der Waals surface area contributed by atoms with Crippen LogP contribution in [-0.2, 0) is 16.2 Å². The van der Waals surface area contributed by atoms with E-state index >= 15 is 0 Å². The molecule has 1 rings (SSSR count). The second kappa shape index (κ2) is 6.29. The van der Waals surface area contributed by atoms with Gasteiger partial charge in [-0.2, -0.15) is 13.2 Å². The fourth-order valence-electron chi connectivity index (χ4n) is 1.28. The van der Waals surface area contributed by atoms with Crippen LogP contribution in [0.4, 0.5) is 13.2 Å². The smallest absolute Gasteiger partial charge is 0.212 e. The van der Waals surface area contributed by atoms with E-state index < -0.39 is 27.0 Å². The third kappa shape index (κ3) is 4.54. The van der Waals surface area contributed by atoms with Gasteiger partial charge in [-0.25, -0.2) is 13.1 Å². The van der Waals surface area contributed by atoms with Crippen LogP contribution in [-0.4, -0.2) is 20.2 Å². The lowest BCUT2D eigenvalue weighted by molar-refractivity contribution is -0.137. The van der Waals surface area contributed by atoms with E-state index in [9.17, 15) is 21.6 Å². The van der Waals surface area contributed by atoms with Crippen LogP contribution in [0, 0.1) is 11.8 Å². The molecule has 20 heavy (non-hydrogen) atoms. The summed E-state index contributed by atoms with van der Waals surface area (Å²) >= 11 is 0. The molecule has 0 saturated carbocycles. The summed E-state index contributed by atoms with van der Waals surface area (Å²) < 4.78 is 63.0. The maximum Gasteiger partial charge on any atom is 0.417 e. The maximum absolute atomic E-state index is 12.7. The Balaban J connectivity index is 2.85. The number of sulfonamides is 1. The van der Waals surface area contributed by atoms with Crippen molar-refractivity contribution in [2.24, 2.45) is 0 Å². The molecule has 1 aromatic carbocycles. The van der Waals surface area contributed by atoms with Crippen molar-refractivity contribution in [3.63, 3.8) is 0 Å². The molecule has 110 valence electrons. The minimum Gasteiger partial charge on any atom is -0.212 e. The van der Waals surface area contributed by atoms with Gasteiger partial charge in [-0.1, -0.05) is 24.0 Å². The molecule has 0 saturated heterocycles. The van der Waals surface area contributed by atoms with E-state index in [-0.39, 0.29) is 12.1 Å². The minimum absolute atomic E-state index is 0.177. The highest BCUT2D eigenvalue weighted by atomic mass is 32.2. The molecule has 0 aliphatic heterocycles. The number of nitrogens with one attached hydrogen (secondary N) is 1. The number of hydrogen-bond acceptors (Lipinski definition) is 2. The van der Waals surface area contributed by atoms with Crippen molar-refractivity contribution in [2.45, 2.75) is 25.3 Å². The summed E-state index contributed by atoms with van der Waals surface area (Å²) in [7, 11) is -3.47. The molecule has 0 amide bonds. The standard InChI is InChI=1S/C13H14F3NO2S/c1-10(2)20(18,19)17-9-5-7-11-6-3-4-8-12(11)13(14,15)16/h3-4,6,8,10,17H,9H2,1-2H3. The van der Waals surface area contributed by atoms with Gasteiger partial charge in [-0.05, 0) is 26.0 Å². The predicted molar refractivity (Wildman–Crippen MR) is 70.4 cm³/mol. The molecule has 0 bridgehead atoms. The van der Waals surface area contributed by atoms with Crippen molar-refractivity contribution in [2.75, 3.05) is 6.54 Å². The van der Waals surface area contributed by atoms with E-state index in [0.717, 1.165) is 6.07 Å². The first-order valence-corrected chi connectivity index (χ1v) is 7.33. The van der Waals surface area contributed by atoms with E-state index in [1.54, 1.807) is 0 Å². The Morgan fingerprint density at radius 2 is 1.85 bits per heavy atom. The zero-order chi connectivity index (χ0) is 15.4. The molecule has 0 spiro atoms. The zero-order valence-corrected chi connectivity index (χ0v) is 11.8. The summed E-state index contributed by atoms with van der Waals surface area (Å²) in [6, 6.07) is 4.89. The van der Waals surface area contributed by atoms with Gasteiger partial charge in [-0.3, -0.25) is 0 Å². The highest BCUT2D eigenvalue weighted by molar-refractivity contribution is 7.90. The molecule has 0 atom stereocenters. The molecule has 0 aliphatic rings. The van der Waals surface area contributed by atoms with Crippen LogP contribution >= 0.6 is 0 Å². The molecule has 7 heteroatoms. The molecule has 0 radical (unpaired) electrons. The van der Waals surface area contributed by atoms with E-state index in [1.807, 2.05) is 0 Å². The monoisotopic (exact) mass is 305 g/mol. The molecular formula is C13H14F3NO2S. The minimum atomic E-state index is -4.48. The summed E-state index contributed by atoms with van der Waals surface area (Å²) in [6.45, 7) is 2.76. The number of rotatable bonds is 3. The van der Waals surface area contributed by atoms with E-state index in [2.05, 4.69) is 16.6 Å². The Labute approximate surface area is 116 Å². The van der Waals surface area contributed by atoms with Gasteiger partial charge in [0, 0.05) is 5.56 Å². The largest absolute Gasteiger partial charge is 0.417 e. The third-order valence-corrected chi connectivity index (χ3v) is 4.23. The fraction of sp³-hybridized carbons (Fsp3) is 0.385. The summed E-state index contributed by atoms with van der Waals surface area (Å²) in [5.74, 6) is 4.72. The topological polar surface area (TPSA) is 46.2 Å². The normalized spacial score (nSPS) is 12.1. The SMILES string of the molecule is CC(C)S(=O)(=O)NCC#Cc1ccccc1C(F)(F)F. The van der Waals surface area contributed by atoms with Crippen LogP contribution in [0.1, 0.15) is 25.0 Å². The third-order valence-electron chi connectivity index (χ3n) is 2.44. The molecule has 3 nitrogen and oxygen atoms in total. The molecular weight excluding hydrogens is 291 g/mol. The average molecular weight is 305 g/mol. The number of halogens is 3. The summed E-state index contributed by atoms with van der Waals surface area (Å²) in [5, 5.41) is -0.619. The van der Waals surface area contributed by atoms with Crippen molar-refractivity contribution in [3.05, 3.63) is 35.4 Å². The van der Waals surface area contributed by atoms with Crippen LogP contribution in [0.2, 0.25) is 0 Å². The van der Waals surface area contributed by atoms with E-state index in [1.165, 1.54) is 32.0 Å². The first-order chi connectivity index (χ1) is 9.14. The van der Waals surface area contributed by atoms with Crippen molar-refractivity contribution >= 4 is 10.0 Å². The second-order valence-corrected chi connectivity index (χ2v) is 6.58. The van der Waals surface area contributed by atoms with Crippen LogP contribution in [0.5, 0.6) is 0 Å². The van der Waals surface area contributed by atoms with Crippen molar-refractivity contribution in [3.8, 4) is 11.8 Å². The Morgan fingerprint density at radius 1 is 1.25 bits per heavy atom. The summed E-state index contributed by atoms with van der Waals surface area (Å²) in [4.78, 5) is 0. The van der Waals surface area contributed by atoms with Gasteiger partial charge < -0.3 is 0 Å². The van der Waals surface area contributed by atoms with Gasteiger partial charge in [0.25, 0.3) is 0 Å². The quantitative estimate of drug-likeness (QED) is 0.872. The number of alkyl halides is 3. The highest BCUT2D eigenvalue weighted by Crippen LogP contribution is 2.31. The van der Waals surface area contributed by atoms with Crippen molar-refractivity contribution in [1.82, 2.24) is 4.72 Å². The van der Waals surface area contributed by atoms with Crippen molar-refractivity contribution < 1.29 is 21.6 Å². The highest BCUT2D eigenvalue weighted by Gasteiger charge is 2.32. The molecule has 1 aromatic rings. The first kappa shape index (κ1) is 16.5. The van der Waals surface area contributed by atoms with Crippen LogP contribution in [0.25, 0.3) is 0 Å². The number of benzene rings is 1. The molecule has 0 unspecified atom stereocenters. The zero-order valence-electron chi connectivity index (χ0n) is 11.0. The molecule has 1 N–H and O–H groups in total. The molecule has 0 aromatic heterocycles. The molecule has 0 heterocycles. The summed E-state index contributed by atoms with van der Waals surface area (Å²) in [6.07, 6.45) is -4.48. The van der Waals surface area contributed by atoms with Gasteiger partial charge in [0.15, 0.2) is 0 Å². The average Bonchev–Trinajstić information content (AvgIpc) is 2.34. The first-order valence-electron chi connectivity index (χ1n) is 5.78. The summed E-state index contributed by atoms with van der Waals surface area (Å²) in [5.41, 5.74) is -1.01. The van der Waals surface area contributed by atoms with Gasteiger partial charge in [0.05, 0.1) is 17.4 Å². The maximum atomic E-state index is 12.7. The molecule has 0 aliphatic carbocycles. The predicted octanol–water partition coefficient (Wildman–Crippen LogP) is 2.38. The van der Waals surface area contributed by atoms with Gasteiger partial charge in [0.2, 0.25) is 10.0 Å². The Bertz CT molecular complexity index is 625. The second-order valence-electron chi connectivity index (χ2n) is 4.26. The molecule has 0 fully saturated rings. The Kier molecular flexibility index (Phi) is 5.20. The van der Waals surface area contributed by atoms with Crippen LogP contribution < -0.4 is 4.72 Å². The Morgan fingerprint density at radius 3 is 2.40 bits per heavy atom. The fourth-order valence-corrected chi connectivity index (χ4v) is 1.89. The van der Waals surface area contributed by atoms with Crippen LogP contribution in [0.15, 0.2) is 24.3 Å². The number of hydrogen-bond donors (Lipinski definition) is 1. The van der Waals surface area contributed by atoms with E-state index in [4.69, 9.17) is 0 Å². The Hall–Kier alpha value is -1.52. The van der Waals surface area contributed by atoms with Gasteiger partial charge >= 0.3 is 6.18 Å². The van der Waals surface area contributed by atoms with Gasteiger partial charge in [-0.15, -0.1) is 0 Å². The lowest BCUT2D eigenvalue weighted by Crippen LogP contribution is -2.30. The lowest BCUT2D eigenvalue weighted by Gasteiger charge is -2.08. The van der Waals surface area contributed by atoms with Crippen molar-refractivity contribution in [1.29, 1.82) is 0 Å². The van der Waals surface area contributed by atoms with Crippen LogP contribution in [0.3, 0.4) is 0 Å². The lowest BCUT2D eigenvalue weighted by atomic mass is 10.1.